The second-order valence-electron chi connectivity index (χ2n) is 6.32. The van der Waals surface area contributed by atoms with Crippen molar-refractivity contribution < 1.29 is 23.9 Å². The van der Waals surface area contributed by atoms with Crippen LogP contribution in [0.15, 0.2) is 17.0 Å². The molecule has 0 unspecified atom stereocenters. The summed E-state index contributed by atoms with van der Waals surface area (Å²) in [5.41, 5.74) is 0.599. The molecule has 2 aliphatic rings. The van der Waals surface area contributed by atoms with Crippen LogP contribution in [0.1, 0.15) is 25.3 Å². The minimum Gasteiger partial charge on any atom is -0.493 e. The van der Waals surface area contributed by atoms with Crippen LogP contribution in [0, 0.1) is 0 Å². The van der Waals surface area contributed by atoms with Crippen molar-refractivity contribution in [2.24, 2.45) is 0 Å². The van der Waals surface area contributed by atoms with E-state index >= 15 is 0 Å². The van der Waals surface area contributed by atoms with E-state index in [1.165, 1.54) is 7.11 Å². The third-order valence-electron chi connectivity index (χ3n) is 4.46. The van der Waals surface area contributed by atoms with Crippen LogP contribution in [-0.4, -0.2) is 60.2 Å². The van der Waals surface area contributed by atoms with Gasteiger partial charge in [-0.3, -0.25) is 19.3 Å². The number of hydrogen-bond donors (Lipinski definition) is 0. The number of hydrogen-bond acceptors (Lipinski definition) is 6. The van der Waals surface area contributed by atoms with Crippen LogP contribution >= 0.6 is 23.4 Å². The smallest absolute Gasteiger partial charge is 0.294 e. The van der Waals surface area contributed by atoms with Gasteiger partial charge in [0.15, 0.2) is 11.5 Å². The Kier molecular flexibility index (Phi) is 6.51. The van der Waals surface area contributed by atoms with Gasteiger partial charge in [-0.1, -0.05) is 11.6 Å². The Labute approximate surface area is 172 Å². The van der Waals surface area contributed by atoms with Crippen molar-refractivity contribution in [1.29, 1.82) is 0 Å². The Hall–Kier alpha value is -2.19. The zero-order chi connectivity index (χ0) is 20.3. The molecule has 7 nitrogen and oxygen atoms in total. The van der Waals surface area contributed by atoms with Gasteiger partial charge >= 0.3 is 0 Å². The van der Waals surface area contributed by atoms with Gasteiger partial charge < -0.3 is 14.4 Å². The molecule has 0 N–H and O–H groups in total. The van der Waals surface area contributed by atoms with E-state index in [0.29, 0.717) is 41.8 Å². The lowest BCUT2D eigenvalue weighted by atomic mass is 10.1. The highest BCUT2D eigenvalue weighted by molar-refractivity contribution is 8.18. The molecule has 0 radical (unpaired) electrons. The molecule has 28 heavy (non-hydrogen) atoms. The van der Waals surface area contributed by atoms with E-state index in [1.807, 2.05) is 6.92 Å². The number of carbonyl (C=O) groups is 3. The summed E-state index contributed by atoms with van der Waals surface area (Å²) in [4.78, 5) is 40.1. The largest absolute Gasteiger partial charge is 0.493 e. The Balaban J connectivity index is 1.79. The predicted octanol–water partition coefficient (Wildman–Crippen LogP) is 3.41. The standard InChI is InChI=1S/C19H21ClN2O5S/c1-3-27-17-13(20)8-12(9-14(17)26-2)10-15-18(24)22(19(25)28-15)11-16(23)21-6-4-5-7-21/h8-10H,3-7,11H2,1-2H3/b15-10+. The van der Waals surface area contributed by atoms with E-state index in [2.05, 4.69) is 0 Å². The molecule has 150 valence electrons. The minimum absolute atomic E-state index is 0.202. The number of likely N-dealkylation sites (tertiary alicyclic amines) is 1. The molecule has 3 amide bonds. The fourth-order valence-corrected chi connectivity index (χ4v) is 4.21. The van der Waals surface area contributed by atoms with E-state index in [4.69, 9.17) is 21.1 Å². The normalized spacial score (nSPS) is 18.3. The molecule has 0 aliphatic carbocycles. The zero-order valence-corrected chi connectivity index (χ0v) is 17.3. The highest BCUT2D eigenvalue weighted by Gasteiger charge is 2.37. The van der Waals surface area contributed by atoms with E-state index in [9.17, 15) is 14.4 Å². The summed E-state index contributed by atoms with van der Waals surface area (Å²) in [6.07, 6.45) is 3.47. The van der Waals surface area contributed by atoms with E-state index in [1.54, 1.807) is 23.1 Å². The van der Waals surface area contributed by atoms with Gasteiger partial charge in [-0.05, 0) is 55.3 Å². The fourth-order valence-electron chi connectivity index (χ4n) is 3.10. The van der Waals surface area contributed by atoms with E-state index < -0.39 is 11.1 Å². The summed E-state index contributed by atoms with van der Waals surface area (Å²) in [7, 11) is 1.50. The van der Waals surface area contributed by atoms with Crippen molar-refractivity contribution in [3.8, 4) is 11.5 Å². The van der Waals surface area contributed by atoms with E-state index in [0.717, 1.165) is 29.5 Å². The van der Waals surface area contributed by atoms with Crippen LogP contribution < -0.4 is 9.47 Å². The Morgan fingerprint density at radius 1 is 1.29 bits per heavy atom. The average molecular weight is 425 g/mol. The van der Waals surface area contributed by atoms with Crippen molar-refractivity contribution >= 4 is 46.5 Å². The second kappa shape index (κ2) is 8.87. The Morgan fingerprint density at radius 2 is 2.00 bits per heavy atom. The first-order valence-electron chi connectivity index (χ1n) is 8.98. The van der Waals surface area contributed by atoms with Gasteiger partial charge in [-0.2, -0.15) is 0 Å². The van der Waals surface area contributed by atoms with Crippen LogP contribution in [0.2, 0.25) is 5.02 Å². The van der Waals surface area contributed by atoms with E-state index in [-0.39, 0.29) is 17.4 Å². The number of amides is 3. The Morgan fingerprint density at radius 3 is 2.64 bits per heavy atom. The van der Waals surface area contributed by atoms with Crippen LogP contribution in [0.3, 0.4) is 0 Å². The summed E-state index contributed by atoms with van der Waals surface area (Å²) in [6, 6.07) is 3.32. The highest BCUT2D eigenvalue weighted by atomic mass is 35.5. The molecule has 0 saturated carbocycles. The molecule has 2 fully saturated rings. The maximum absolute atomic E-state index is 12.6. The van der Waals surface area contributed by atoms with Gasteiger partial charge in [0.1, 0.15) is 6.54 Å². The molecule has 1 aromatic carbocycles. The van der Waals surface area contributed by atoms with Gasteiger partial charge in [0.2, 0.25) is 5.91 Å². The van der Waals surface area contributed by atoms with Crippen LogP contribution in [0.25, 0.3) is 6.08 Å². The first-order valence-corrected chi connectivity index (χ1v) is 10.2. The summed E-state index contributed by atoms with van der Waals surface area (Å²) >= 11 is 7.07. The lowest BCUT2D eigenvalue weighted by Gasteiger charge is -2.18. The topological polar surface area (TPSA) is 76.2 Å². The second-order valence-corrected chi connectivity index (χ2v) is 7.72. The number of carbonyl (C=O) groups excluding carboxylic acids is 3. The van der Waals surface area contributed by atoms with Crippen LogP contribution in [0.5, 0.6) is 11.5 Å². The molecule has 3 rings (SSSR count). The Bertz CT molecular complexity index is 836. The lowest BCUT2D eigenvalue weighted by molar-refractivity contribution is -0.135. The molecule has 1 aromatic rings. The maximum atomic E-state index is 12.6. The number of thioether (sulfide) groups is 1. The minimum atomic E-state index is -0.480. The SMILES string of the molecule is CCOc1c(Cl)cc(/C=C2/SC(=O)N(CC(=O)N3CCCC3)C2=O)cc1OC. The molecule has 0 bridgehead atoms. The van der Waals surface area contributed by atoms with Crippen molar-refractivity contribution in [2.75, 3.05) is 33.4 Å². The summed E-state index contributed by atoms with van der Waals surface area (Å²) in [5.74, 6) is 0.176. The predicted molar refractivity (Wildman–Crippen MR) is 108 cm³/mol. The molecule has 0 aromatic heterocycles. The number of imide groups is 1. The number of halogens is 1. The maximum Gasteiger partial charge on any atom is 0.294 e. The summed E-state index contributed by atoms with van der Waals surface area (Å²) in [5, 5.41) is -0.108. The quantitative estimate of drug-likeness (QED) is 0.651. The third kappa shape index (κ3) is 4.28. The van der Waals surface area contributed by atoms with Crippen molar-refractivity contribution in [2.45, 2.75) is 19.8 Å². The van der Waals surface area contributed by atoms with Crippen LogP contribution in [0.4, 0.5) is 4.79 Å². The molecular formula is C19H21ClN2O5S. The van der Waals surface area contributed by atoms with Gasteiger partial charge in [-0.15, -0.1) is 0 Å². The number of benzene rings is 1. The number of ether oxygens (including phenoxy) is 2. The summed E-state index contributed by atoms with van der Waals surface area (Å²) < 4.78 is 10.8. The molecular weight excluding hydrogens is 404 g/mol. The highest BCUT2D eigenvalue weighted by Crippen LogP contribution is 2.39. The molecule has 2 aliphatic heterocycles. The zero-order valence-electron chi connectivity index (χ0n) is 15.7. The van der Waals surface area contributed by atoms with Gasteiger partial charge in [0.05, 0.1) is 23.6 Å². The van der Waals surface area contributed by atoms with Gasteiger partial charge in [0, 0.05) is 13.1 Å². The molecule has 0 spiro atoms. The third-order valence-corrected chi connectivity index (χ3v) is 5.65. The molecule has 0 atom stereocenters. The summed E-state index contributed by atoms with van der Waals surface area (Å²) in [6.45, 7) is 3.39. The molecule has 9 heteroatoms. The first-order chi connectivity index (χ1) is 13.4. The lowest BCUT2D eigenvalue weighted by Crippen LogP contribution is -2.40. The van der Waals surface area contributed by atoms with Crippen molar-refractivity contribution in [1.82, 2.24) is 9.80 Å². The van der Waals surface area contributed by atoms with Crippen LogP contribution in [-0.2, 0) is 9.59 Å². The number of nitrogens with zero attached hydrogens (tertiary/aromatic N) is 2. The van der Waals surface area contributed by atoms with Gasteiger partial charge in [-0.25, -0.2) is 0 Å². The number of methoxy groups -OCH3 is 1. The monoisotopic (exact) mass is 424 g/mol. The van der Waals surface area contributed by atoms with Gasteiger partial charge in [0.25, 0.3) is 11.1 Å². The average Bonchev–Trinajstić information content (AvgIpc) is 3.29. The van der Waals surface area contributed by atoms with Crippen molar-refractivity contribution in [3.05, 3.63) is 27.6 Å². The van der Waals surface area contributed by atoms with Crippen molar-refractivity contribution in [3.63, 3.8) is 0 Å². The fraction of sp³-hybridized carbons (Fsp3) is 0.421. The first kappa shape index (κ1) is 20.5. The molecule has 2 saturated heterocycles. The molecule has 2 heterocycles. The number of rotatable bonds is 6.